The van der Waals surface area contributed by atoms with E-state index >= 15 is 0 Å². The van der Waals surface area contributed by atoms with E-state index in [4.69, 9.17) is 9.47 Å². The second-order valence-corrected chi connectivity index (χ2v) is 6.99. The normalized spacial score (nSPS) is 15.2. The third-order valence-corrected chi connectivity index (χ3v) is 5.12. The number of anilines is 2. The van der Waals surface area contributed by atoms with Crippen molar-refractivity contribution >= 4 is 17.5 Å². The largest absolute Gasteiger partial charge is 0.454 e. The Morgan fingerprint density at radius 1 is 0.967 bits per heavy atom. The number of carbonyl (C=O) groups is 1. The highest BCUT2D eigenvalue weighted by Crippen LogP contribution is 2.34. The Morgan fingerprint density at radius 2 is 1.83 bits per heavy atom. The number of pyridine rings is 1. The van der Waals surface area contributed by atoms with Crippen LogP contribution in [-0.4, -0.2) is 59.1 Å². The summed E-state index contributed by atoms with van der Waals surface area (Å²) in [5, 5.41) is 11.6. The van der Waals surface area contributed by atoms with Crippen molar-refractivity contribution in [2.24, 2.45) is 0 Å². The molecule has 2 amide bonds. The predicted molar refractivity (Wildman–Crippen MR) is 111 cm³/mol. The fraction of sp³-hybridized carbons (Fsp3) is 0.238. The number of benzene rings is 1. The molecule has 152 valence electrons. The van der Waals surface area contributed by atoms with Crippen LogP contribution < -0.4 is 19.7 Å². The van der Waals surface area contributed by atoms with E-state index in [-0.39, 0.29) is 12.8 Å². The molecular weight excluding hydrogens is 384 g/mol. The Morgan fingerprint density at radius 3 is 2.60 bits per heavy atom. The number of hydrogen-bond acceptors (Lipinski definition) is 7. The monoisotopic (exact) mass is 404 g/mol. The first kappa shape index (κ1) is 18.2. The van der Waals surface area contributed by atoms with Crippen molar-refractivity contribution in [2.75, 3.05) is 43.2 Å². The van der Waals surface area contributed by atoms with Gasteiger partial charge in [0.05, 0.1) is 5.69 Å². The number of aromatic nitrogens is 3. The molecule has 30 heavy (non-hydrogen) atoms. The predicted octanol–water partition coefficient (Wildman–Crippen LogP) is 2.62. The highest BCUT2D eigenvalue weighted by molar-refractivity contribution is 5.90. The summed E-state index contributed by atoms with van der Waals surface area (Å²) in [6.45, 7) is 2.79. The van der Waals surface area contributed by atoms with Gasteiger partial charge in [0.25, 0.3) is 0 Å². The summed E-state index contributed by atoms with van der Waals surface area (Å²) in [4.78, 5) is 20.6. The van der Waals surface area contributed by atoms with Crippen LogP contribution in [-0.2, 0) is 0 Å². The molecule has 1 saturated heterocycles. The molecule has 0 radical (unpaired) electrons. The fourth-order valence-corrected chi connectivity index (χ4v) is 3.48. The number of amides is 2. The molecule has 2 aromatic heterocycles. The van der Waals surface area contributed by atoms with Gasteiger partial charge in [0.2, 0.25) is 6.79 Å². The number of nitrogens with zero attached hydrogens (tertiary/aromatic N) is 5. The molecule has 0 atom stereocenters. The standard InChI is InChI=1S/C21H20N6O3/c28-21(23-16-3-5-18-19(12-16)30-14-29-18)27-10-8-26(9-11-27)20-6-4-17(24-25-20)15-2-1-7-22-13-15/h1-7,12-13H,8-11,14H2,(H,23,28). The Labute approximate surface area is 173 Å². The molecule has 0 unspecified atom stereocenters. The summed E-state index contributed by atoms with van der Waals surface area (Å²) >= 11 is 0. The van der Waals surface area contributed by atoms with Gasteiger partial charge in [0.1, 0.15) is 0 Å². The van der Waals surface area contributed by atoms with Crippen LogP contribution in [0.3, 0.4) is 0 Å². The topological polar surface area (TPSA) is 92.7 Å². The van der Waals surface area contributed by atoms with Crippen LogP contribution in [0.4, 0.5) is 16.3 Å². The van der Waals surface area contributed by atoms with Gasteiger partial charge in [-0.2, -0.15) is 0 Å². The summed E-state index contributed by atoms with van der Waals surface area (Å²) < 4.78 is 10.7. The van der Waals surface area contributed by atoms with Gasteiger partial charge in [-0.3, -0.25) is 4.98 Å². The number of piperazine rings is 1. The number of ether oxygens (including phenoxy) is 2. The van der Waals surface area contributed by atoms with Crippen molar-refractivity contribution in [3.63, 3.8) is 0 Å². The van der Waals surface area contributed by atoms with Crippen molar-refractivity contribution < 1.29 is 14.3 Å². The molecule has 0 spiro atoms. The summed E-state index contributed by atoms with van der Waals surface area (Å²) in [6.07, 6.45) is 3.49. The van der Waals surface area contributed by atoms with Gasteiger partial charge >= 0.3 is 6.03 Å². The Bertz CT molecular complexity index is 1040. The first-order valence-corrected chi connectivity index (χ1v) is 9.71. The minimum Gasteiger partial charge on any atom is -0.454 e. The highest BCUT2D eigenvalue weighted by atomic mass is 16.7. The van der Waals surface area contributed by atoms with Gasteiger partial charge < -0.3 is 24.6 Å². The lowest BCUT2D eigenvalue weighted by atomic mass is 10.2. The van der Waals surface area contributed by atoms with E-state index in [1.807, 2.05) is 24.3 Å². The minimum absolute atomic E-state index is 0.133. The molecule has 9 nitrogen and oxygen atoms in total. The second kappa shape index (κ2) is 7.86. The van der Waals surface area contributed by atoms with Crippen molar-refractivity contribution in [3.8, 4) is 22.8 Å². The molecule has 0 bridgehead atoms. The second-order valence-electron chi connectivity index (χ2n) is 6.99. The molecule has 9 heteroatoms. The smallest absolute Gasteiger partial charge is 0.321 e. The number of rotatable bonds is 3. The van der Waals surface area contributed by atoms with Gasteiger partial charge in [-0.25, -0.2) is 4.79 Å². The number of nitrogens with one attached hydrogen (secondary N) is 1. The molecule has 1 fully saturated rings. The van der Waals surface area contributed by atoms with Crippen molar-refractivity contribution in [3.05, 3.63) is 54.9 Å². The first-order chi connectivity index (χ1) is 14.8. The summed E-state index contributed by atoms with van der Waals surface area (Å²) in [7, 11) is 0. The van der Waals surface area contributed by atoms with E-state index in [2.05, 4.69) is 25.4 Å². The van der Waals surface area contributed by atoms with Gasteiger partial charge in [-0.1, -0.05) is 0 Å². The zero-order valence-electron chi connectivity index (χ0n) is 16.2. The van der Waals surface area contributed by atoms with E-state index in [1.165, 1.54) is 0 Å². The molecule has 4 heterocycles. The van der Waals surface area contributed by atoms with Crippen LogP contribution in [0, 0.1) is 0 Å². The van der Waals surface area contributed by atoms with Crippen LogP contribution in [0.2, 0.25) is 0 Å². The summed E-state index contributed by atoms with van der Waals surface area (Å²) in [5.41, 5.74) is 2.40. The average Bonchev–Trinajstić information content (AvgIpc) is 3.28. The Balaban J connectivity index is 1.17. The zero-order valence-corrected chi connectivity index (χ0v) is 16.2. The number of fused-ring (bicyclic) bond motifs is 1. The van der Waals surface area contributed by atoms with Gasteiger partial charge in [-0.15, -0.1) is 10.2 Å². The molecule has 0 saturated carbocycles. The van der Waals surface area contributed by atoms with Crippen molar-refractivity contribution in [1.29, 1.82) is 0 Å². The van der Waals surface area contributed by atoms with Gasteiger partial charge in [-0.05, 0) is 36.4 Å². The van der Waals surface area contributed by atoms with Crippen LogP contribution in [0.25, 0.3) is 11.3 Å². The molecule has 5 rings (SSSR count). The van der Waals surface area contributed by atoms with Crippen molar-refractivity contribution in [2.45, 2.75) is 0 Å². The van der Waals surface area contributed by atoms with Crippen molar-refractivity contribution in [1.82, 2.24) is 20.1 Å². The third kappa shape index (κ3) is 3.69. The molecule has 1 aromatic carbocycles. The molecule has 2 aliphatic heterocycles. The van der Waals surface area contributed by atoms with Crippen LogP contribution in [0.5, 0.6) is 11.5 Å². The molecule has 1 N–H and O–H groups in total. The Hall–Kier alpha value is -3.88. The first-order valence-electron chi connectivity index (χ1n) is 9.71. The SMILES string of the molecule is O=C(Nc1ccc2c(c1)OCO2)N1CCN(c2ccc(-c3cccnc3)nn2)CC1. The van der Waals surface area contributed by atoms with E-state index in [9.17, 15) is 4.79 Å². The number of carbonyl (C=O) groups excluding carboxylic acids is 1. The lowest BCUT2D eigenvalue weighted by Crippen LogP contribution is -2.50. The minimum atomic E-state index is -0.133. The maximum atomic E-state index is 12.6. The molecule has 0 aliphatic carbocycles. The van der Waals surface area contributed by atoms with Crippen LogP contribution in [0.15, 0.2) is 54.9 Å². The zero-order chi connectivity index (χ0) is 20.3. The molecule has 3 aromatic rings. The number of hydrogen-bond donors (Lipinski definition) is 1. The van der Waals surface area contributed by atoms with Crippen LogP contribution in [0.1, 0.15) is 0 Å². The third-order valence-electron chi connectivity index (χ3n) is 5.12. The van der Waals surface area contributed by atoms with E-state index < -0.39 is 0 Å². The number of urea groups is 1. The lowest BCUT2D eigenvalue weighted by Gasteiger charge is -2.35. The van der Waals surface area contributed by atoms with Gasteiger partial charge in [0, 0.05) is 55.9 Å². The average molecular weight is 404 g/mol. The molecular formula is C21H20N6O3. The van der Waals surface area contributed by atoms with E-state index in [0.717, 1.165) is 17.1 Å². The summed E-state index contributed by atoms with van der Waals surface area (Å²) in [6, 6.07) is 13.0. The fourth-order valence-electron chi connectivity index (χ4n) is 3.48. The summed E-state index contributed by atoms with van der Waals surface area (Å²) in [5.74, 6) is 2.14. The van der Waals surface area contributed by atoms with Crippen LogP contribution >= 0.6 is 0 Å². The van der Waals surface area contributed by atoms with E-state index in [0.29, 0.717) is 43.4 Å². The van der Waals surface area contributed by atoms with E-state index in [1.54, 1.807) is 35.5 Å². The van der Waals surface area contributed by atoms with Gasteiger partial charge in [0.15, 0.2) is 17.3 Å². The molecule has 2 aliphatic rings. The Kier molecular flexibility index (Phi) is 4.76. The maximum Gasteiger partial charge on any atom is 0.321 e. The maximum absolute atomic E-state index is 12.6. The quantitative estimate of drug-likeness (QED) is 0.717. The highest BCUT2D eigenvalue weighted by Gasteiger charge is 2.23. The lowest BCUT2D eigenvalue weighted by molar-refractivity contribution is 0.174.